The van der Waals surface area contributed by atoms with Gasteiger partial charge in [-0.2, -0.15) is 0 Å². The molecule has 1 aliphatic heterocycles. The van der Waals surface area contributed by atoms with Crippen molar-refractivity contribution in [2.75, 3.05) is 6.54 Å². The van der Waals surface area contributed by atoms with Gasteiger partial charge in [0.25, 0.3) is 5.91 Å². The molecule has 2 aliphatic rings. The molecular formula is C35H35N3O5. The van der Waals surface area contributed by atoms with E-state index < -0.39 is 5.97 Å². The summed E-state index contributed by atoms with van der Waals surface area (Å²) >= 11 is 0. The van der Waals surface area contributed by atoms with Gasteiger partial charge in [-0.1, -0.05) is 73.6 Å². The predicted molar refractivity (Wildman–Crippen MR) is 162 cm³/mol. The van der Waals surface area contributed by atoms with Gasteiger partial charge in [-0.15, -0.1) is 0 Å². The van der Waals surface area contributed by atoms with Gasteiger partial charge in [-0.3, -0.25) is 9.59 Å². The van der Waals surface area contributed by atoms with Gasteiger partial charge in [-0.25, -0.2) is 4.79 Å². The standard InChI is InChI=1S/C35H35N3O5/c1-20(2)32-30(18-37-43-32)34(40)38-15-14-27-26(24-10-7-11-25(21(24)3)35(41)42)13-12-23(31(27)19-38)17-36-33(39)29-16-28(29)22-8-5-4-6-9-22/h4-13,18,20,28-29H,14-17,19H2,1-3H3,(H,36,39)(H,41,42). The summed E-state index contributed by atoms with van der Waals surface area (Å²) < 4.78 is 5.39. The highest BCUT2D eigenvalue weighted by molar-refractivity contribution is 5.95. The Morgan fingerprint density at radius 1 is 1.00 bits per heavy atom. The Morgan fingerprint density at radius 2 is 1.79 bits per heavy atom. The van der Waals surface area contributed by atoms with Crippen LogP contribution < -0.4 is 5.32 Å². The number of carbonyl (C=O) groups excluding carboxylic acids is 2. The molecule has 0 spiro atoms. The van der Waals surface area contributed by atoms with Crippen LogP contribution in [-0.4, -0.2) is 39.5 Å². The van der Waals surface area contributed by atoms with E-state index >= 15 is 0 Å². The molecule has 43 heavy (non-hydrogen) atoms. The zero-order valence-electron chi connectivity index (χ0n) is 24.6. The minimum atomic E-state index is -0.965. The van der Waals surface area contributed by atoms with E-state index in [0.29, 0.717) is 42.9 Å². The van der Waals surface area contributed by atoms with Gasteiger partial charge in [0.05, 0.1) is 11.8 Å². The smallest absolute Gasteiger partial charge is 0.335 e. The highest BCUT2D eigenvalue weighted by atomic mass is 16.5. The summed E-state index contributed by atoms with van der Waals surface area (Å²) in [7, 11) is 0. The van der Waals surface area contributed by atoms with Crippen LogP contribution in [0.3, 0.4) is 0 Å². The first-order chi connectivity index (χ1) is 20.7. The Kier molecular flexibility index (Phi) is 7.61. The monoisotopic (exact) mass is 577 g/mol. The average molecular weight is 578 g/mol. The van der Waals surface area contributed by atoms with Gasteiger partial charge in [0.2, 0.25) is 5.91 Å². The van der Waals surface area contributed by atoms with Gasteiger partial charge in [0.1, 0.15) is 5.56 Å². The van der Waals surface area contributed by atoms with Crippen molar-refractivity contribution in [3.63, 3.8) is 0 Å². The molecular weight excluding hydrogens is 542 g/mol. The second kappa shape index (κ2) is 11.5. The largest absolute Gasteiger partial charge is 0.478 e. The summed E-state index contributed by atoms with van der Waals surface area (Å²) in [6, 6.07) is 19.5. The van der Waals surface area contributed by atoms with E-state index in [9.17, 15) is 19.5 Å². The lowest BCUT2D eigenvalue weighted by Crippen LogP contribution is -2.37. The van der Waals surface area contributed by atoms with Crippen molar-refractivity contribution >= 4 is 17.8 Å². The summed E-state index contributed by atoms with van der Waals surface area (Å²) in [6.07, 6.45) is 2.92. The molecule has 0 radical (unpaired) electrons. The van der Waals surface area contributed by atoms with Crippen LogP contribution in [0.25, 0.3) is 11.1 Å². The van der Waals surface area contributed by atoms with E-state index in [2.05, 4.69) is 22.6 Å². The number of rotatable bonds is 8. The van der Waals surface area contributed by atoms with Crippen molar-refractivity contribution in [1.82, 2.24) is 15.4 Å². The molecule has 4 aromatic rings. The summed E-state index contributed by atoms with van der Waals surface area (Å²) in [5.41, 5.74) is 7.43. The quantitative estimate of drug-likeness (QED) is 0.262. The van der Waals surface area contributed by atoms with Crippen molar-refractivity contribution in [3.05, 3.63) is 112 Å². The van der Waals surface area contributed by atoms with Crippen LogP contribution in [-0.2, 0) is 24.3 Å². The molecule has 1 saturated carbocycles. The average Bonchev–Trinajstić information content (AvgIpc) is 3.66. The maximum absolute atomic E-state index is 13.7. The van der Waals surface area contributed by atoms with E-state index in [0.717, 1.165) is 34.2 Å². The number of carbonyl (C=O) groups is 3. The molecule has 1 fully saturated rings. The Labute approximate surface area is 250 Å². The molecule has 3 aromatic carbocycles. The van der Waals surface area contributed by atoms with Crippen molar-refractivity contribution in [3.8, 4) is 11.1 Å². The van der Waals surface area contributed by atoms with Crippen molar-refractivity contribution in [2.24, 2.45) is 5.92 Å². The van der Waals surface area contributed by atoms with Crippen molar-refractivity contribution in [2.45, 2.75) is 58.5 Å². The minimum Gasteiger partial charge on any atom is -0.478 e. The molecule has 6 rings (SSSR count). The van der Waals surface area contributed by atoms with E-state index in [4.69, 9.17) is 4.52 Å². The molecule has 1 aliphatic carbocycles. The number of carboxylic acid groups (broad SMARTS) is 1. The number of aromatic carboxylic acids is 1. The van der Waals surface area contributed by atoms with Crippen LogP contribution in [0.1, 0.15) is 86.4 Å². The molecule has 2 amide bonds. The van der Waals surface area contributed by atoms with E-state index in [-0.39, 0.29) is 35.1 Å². The van der Waals surface area contributed by atoms with Crippen LogP contribution in [0.5, 0.6) is 0 Å². The third kappa shape index (κ3) is 5.45. The molecule has 8 nitrogen and oxygen atoms in total. The third-order valence-electron chi connectivity index (χ3n) is 8.81. The summed E-state index contributed by atoms with van der Waals surface area (Å²) in [5.74, 6) is -0.282. The Bertz CT molecular complexity index is 1710. The number of amides is 2. The molecule has 220 valence electrons. The van der Waals surface area contributed by atoms with Gasteiger partial charge in [0, 0.05) is 31.5 Å². The number of hydrogen-bond acceptors (Lipinski definition) is 5. The summed E-state index contributed by atoms with van der Waals surface area (Å²) in [6.45, 7) is 6.97. The van der Waals surface area contributed by atoms with Crippen LogP contribution in [0.4, 0.5) is 0 Å². The Hall–Kier alpha value is -4.72. The fourth-order valence-corrected chi connectivity index (χ4v) is 6.35. The minimum absolute atomic E-state index is 0.0162. The van der Waals surface area contributed by atoms with Gasteiger partial charge >= 0.3 is 5.97 Å². The second-order valence-corrected chi connectivity index (χ2v) is 11.8. The lowest BCUT2D eigenvalue weighted by atomic mass is 9.85. The van der Waals surface area contributed by atoms with E-state index in [1.807, 2.05) is 62.1 Å². The zero-order chi connectivity index (χ0) is 30.2. The number of carboxylic acids is 1. The SMILES string of the molecule is Cc1c(C(=O)O)cccc1-c1ccc(CNC(=O)C2CC2c2ccccc2)c2c1CCN(C(=O)c1cnoc1C(C)C)C2. The van der Waals surface area contributed by atoms with E-state index in [1.54, 1.807) is 12.1 Å². The number of fused-ring (bicyclic) bond motifs is 1. The molecule has 2 unspecified atom stereocenters. The number of benzene rings is 3. The van der Waals surface area contributed by atoms with Gasteiger partial charge < -0.3 is 19.8 Å². The first-order valence-corrected chi connectivity index (χ1v) is 14.8. The van der Waals surface area contributed by atoms with Crippen molar-refractivity contribution < 1.29 is 24.0 Å². The normalized spacial score (nSPS) is 17.4. The van der Waals surface area contributed by atoms with Crippen LogP contribution >= 0.6 is 0 Å². The van der Waals surface area contributed by atoms with Crippen LogP contribution in [0.15, 0.2) is 71.4 Å². The molecule has 0 saturated heterocycles. The summed E-state index contributed by atoms with van der Waals surface area (Å²) in [5, 5.41) is 16.8. The number of nitrogens with zero attached hydrogens (tertiary/aromatic N) is 2. The fraction of sp³-hybridized carbons (Fsp3) is 0.314. The third-order valence-corrected chi connectivity index (χ3v) is 8.81. The molecule has 0 bridgehead atoms. The number of hydrogen-bond donors (Lipinski definition) is 2. The Balaban J connectivity index is 1.31. The molecule has 8 heteroatoms. The predicted octanol–water partition coefficient (Wildman–Crippen LogP) is 6.09. The van der Waals surface area contributed by atoms with Crippen LogP contribution in [0, 0.1) is 12.8 Å². The lowest BCUT2D eigenvalue weighted by Gasteiger charge is -2.32. The van der Waals surface area contributed by atoms with Gasteiger partial charge in [0.15, 0.2) is 5.76 Å². The highest BCUT2D eigenvalue weighted by Gasteiger charge is 2.43. The first kappa shape index (κ1) is 28.4. The lowest BCUT2D eigenvalue weighted by molar-refractivity contribution is -0.122. The highest BCUT2D eigenvalue weighted by Crippen LogP contribution is 2.47. The molecule has 2 N–H and O–H groups in total. The molecule has 2 heterocycles. The van der Waals surface area contributed by atoms with Crippen LogP contribution in [0.2, 0.25) is 0 Å². The summed E-state index contributed by atoms with van der Waals surface area (Å²) in [4.78, 5) is 40.5. The molecule has 1 aromatic heterocycles. The van der Waals surface area contributed by atoms with Crippen molar-refractivity contribution in [1.29, 1.82) is 0 Å². The number of nitrogens with one attached hydrogen (secondary N) is 1. The van der Waals surface area contributed by atoms with E-state index in [1.165, 1.54) is 11.8 Å². The first-order valence-electron chi connectivity index (χ1n) is 14.8. The topological polar surface area (TPSA) is 113 Å². The maximum atomic E-state index is 13.7. The maximum Gasteiger partial charge on any atom is 0.335 e. The second-order valence-electron chi connectivity index (χ2n) is 11.8. The Morgan fingerprint density at radius 3 is 2.53 bits per heavy atom. The van der Waals surface area contributed by atoms with Gasteiger partial charge in [-0.05, 0) is 70.7 Å². The number of aromatic nitrogens is 1. The molecule has 2 atom stereocenters. The fourth-order valence-electron chi connectivity index (χ4n) is 6.35. The zero-order valence-corrected chi connectivity index (χ0v) is 24.6.